The van der Waals surface area contributed by atoms with E-state index in [0.717, 1.165) is 48.5 Å². The first-order valence-electron chi connectivity index (χ1n) is 9.85. The molecule has 9 heteroatoms. The summed E-state index contributed by atoms with van der Waals surface area (Å²) in [5.74, 6) is 1.48. The highest BCUT2D eigenvalue weighted by Crippen LogP contribution is 2.33. The van der Waals surface area contributed by atoms with E-state index in [4.69, 9.17) is 9.47 Å². The molecule has 1 amide bonds. The predicted molar refractivity (Wildman–Crippen MR) is 107 cm³/mol. The van der Waals surface area contributed by atoms with Crippen LogP contribution < -0.4 is 15.4 Å². The second-order valence-corrected chi connectivity index (χ2v) is 7.65. The summed E-state index contributed by atoms with van der Waals surface area (Å²) in [6, 6.07) is 5.87. The van der Waals surface area contributed by atoms with Crippen LogP contribution in [0.15, 0.2) is 30.6 Å². The lowest BCUT2D eigenvalue weighted by Gasteiger charge is -2.19. The van der Waals surface area contributed by atoms with Crippen LogP contribution in [0.2, 0.25) is 0 Å². The summed E-state index contributed by atoms with van der Waals surface area (Å²) in [5, 5.41) is 15.0. The zero-order valence-electron chi connectivity index (χ0n) is 16.5. The molecule has 3 aromatic heterocycles. The van der Waals surface area contributed by atoms with Crippen LogP contribution in [0.3, 0.4) is 0 Å². The first kappa shape index (κ1) is 18.1. The van der Waals surface area contributed by atoms with Crippen LogP contribution in [0.1, 0.15) is 12.8 Å². The zero-order chi connectivity index (χ0) is 20.0. The molecule has 1 aliphatic carbocycles. The number of ether oxygens (including phenoxy) is 2. The molecule has 3 aromatic rings. The quantitative estimate of drug-likeness (QED) is 0.655. The summed E-state index contributed by atoms with van der Waals surface area (Å²) < 4.78 is 15.3. The number of nitrogens with zero attached hydrogens (tertiary/aromatic N) is 4. The summed E-state index contributed by atoms with van der Waals surface area (Å²) in [6.45, 7) is 1.51. The second-order valence-electron chi connectivity index (χ2n) is 7.65. The molecule has 0 spiro atoms. The molecule has 29 heavy (non-hydrogen) atoms. The molecular weight excluding hydrogens is 372 g/mol. The van der Waals surface area contributed by atoms with Gasteiger partial charge in [0.15, 0.2) is 11.6 Å². The van der Waals surface area contributed by atoms with Gasteiger partial charge in [-0.15, -0.1) is 0 Å². The van der Waals surface area contributed by atoms with Crippen molar-refractivity contribution in [3.63, 3.8) is 0 Å². The van der Waals surface area contributed by atoms with Gasteiger partial charge in [-0.1, -0.05) is 0 Å². The fraction of sp³-hybridized carbons (Fsp3) is 0.450. The predicted octanol–water partition coefficient (Wildman–Crippen LogP) is 1.45. The summed E-state index contributed by atoms with van der Waals surface area (Å²) >= 11 is 0. The first-order valence-corrected chi connectivity index (χ1v) is 9.85. The van der Waals surface area contributed by atoms with E-state index in [2.05, 4.69) is 20.8 Å². The van der Waals surface area contributed by atoms with Gasteiger partial charge in [-0.2, -0.15) is 10.2 Å². The van der Waals surface area contributed by atoms with Gasteiger partial charge in [0, 0.05) is 51.0 Å². The lowest BCUT2D eigenvalue weighted by atomic mass is 10.1. The fourth-order valence-corrected chi connectivity index (χ4v) is 3.76. The highest BCUT2D eigenvalue weighted by Gasteiger charge is 2.31. The molecule has 0 radical (unpaired) electrons. The largest absolute Gasteiger partial charge is 0.482 e. The summed E-state index contributed by atoms with van der Waals surface area (Å²) in [7, 11) is 3.59. The van der Waals surface area contributed by atoms with E-state index in [-0.39, 0.29) is 24.0 Å². The van der Waals surface area contributed by atoms with E-state index >= 15 is 0 Å². The number of hydrogen-bond acceptors (Lipinski definition) is 6. The number of carbonyl (C=O) groups excluding carboxylic acids is 1. The van der Waals surface area contributed by atoms with Gasteiger partial charge in [0.05, 0.1) is 11.7 Å². The molecule has 4 heterocycles. The molecule has 1 aliphatic heterocycles. The molecule has 9 nitrogen and oxygen atoms in total. The first-order chi connectivity index (χ1) is 14.1. The lowest BCUT2D eigenvalue weighted by Crippen LogP contribution is -2.31. The summed E-state index contributed by atoms with van der Waals surface area (Å²) in [4.78, 5) is 12.0. The Morgan fingerprint density at radius 1 is 1.28 bits per heavy atom. The normalized spacial score (nSPS) is 21.6. The van der Waals surface area contributed by atoms with Gasteiger partial charge < -0.3 is 20.1 Å². The van der Waals surface area contributed by atoms with Gasteiger partial charge in [-0.3, -0.25) is 9.48 Å². The number of anilines is 1. The highest BCUT2D eigenvalue weighted by atomic mass is 16.5. The Hall–Kier alpha value is -2.91. The molecule has 5 rings (SSSR count). The standard InChI is InChI=1S/C20H24N6O3/c1-25-19(17(11-22-25)29-16-10-21-9-15(16)28-2)13-5-6-26-14(7-13)8-18(24-26)23-20(27)12-3-4-12/h5-8,11-12,15-16,21H,3-4,9-10H2,1-2H3,(H,23,24,27). The zero-order valence-corrected chi connectivity index (χ0v) is 16.5. The third-order valence-corrected chi connectivity index (χ3v) is 5.53. The average Bonchev–Trinajstić information content (AvgIpc) is 3.19. The third kappa shape index (κ3) is 3.47. The van der Waals surface area contributed by atoms with Crippen molar-refractivity contribution in [1.82, 2.24) is 24.7 Å². The number of amides is 1. The molecule has 2 N–H and O–H groups in total. The average molecular weight is 396 g/mol. The smallest absolute Gasteiger partial charge is 0.228 e. The van der Waals surface area contributed by atoms with Gasteiger partial charge in [0.2, 0.25) is 5.91 Å². The Morgan fingerprint density at radius 3 is 2.90 bits per heavy atom. The third-order valence-electron chi connectivity index (χ3n) is 5.53. The summed E-state index contributed by atoms with van der Waals surface area (Å²) in [5.41, 5.74) is 2.74. The topological polar surface area (TPSA) is 94.7 Å². The van der Waals surface area contributed by atoms with Crippen LogP contribution in [-0.4, -0.2) is 57.7 Å². The molecule has 2 atom stereocenters. The Balaban J connectivity index is 1.42. The van der Waals surface area contributed by atoms with Gasteiger partial charge in [-0.05, 0) is 25.0 Å². The van der Waals surface area contributed by atoms with Crippen LogP contribution in [0, 0.1) is 5.92 Å². The number of aromatic nitrogens is 4. The van der Waals surface area contributed by atoms with Crippen molar-refractivity contribution in [2.24, 2.45) is 13.0 Å². The van der Waals surface area contributed by atoms with Crippen LogP contribution >= 0.6 is 0 Å². The van der Waals surface area contributed by atoms with Crippen molar-refractivity contribution in [2.75, 3.05) is 25.5 Å². The van der Waals surface area contributed by atoms with Crippen molar-refractivity contribution in [2.45, 2.75) is 25.0 Å². The molecule has 1 saturated heterocycles. The minimum absolute atomic E-state index is 0.0120. The SMILES string of the molecule is COC1CNCC1Oc1cnn(C)c1-c1ccn2nc(NC(=O)C3CC3)cc2c1. The molecule has 1 saturated carbocycles. The molecule has 0 aromatic carbocycles. The van der Waals surface area contributed by atoms with Crippen molar-refractivity contribution in [3.05, 3.63) is 30.6 Å². The Kier molecular flexibility index (Phi) is 4.48. The van der Waals surface area contributed by atoms with E-state index in [1.807, 2.05) is 31.4 Å². The van der Waals surface area contributed by atoms with E-state index in [9.17, 15) is 4.79 Å². The van der Waals surface area contributed by atoms with Crippen LogP contribution in [0.4, 0.5) is 5.82 Å². The van der Waals surface area contributed by atoms with Gasteiger partial charge in [0.25, 0.3) is 0 Å². The van der Waals surface area contributed by atoms with E-state index in [0.29, 0.717) is 5.82 Å². The maximum atomic E-state index is 12.0. The van der Waals surface area contributed by atoms with Crippen LogP contribution in [0.5, 0.6) is 5.75 Å². The molecule has 2 fully saturated rings. The number of aryl methyl sites for hydroxylation is 1. The van der Waals surface area contributed by atoms with Crippen molar-refractivity contribution in [1.29, 1.82) is 0 Å². The molecule has 0 bridgehead atoms. The van der Waals surface area contributed by atoms with Gasteiger partial charge in [0.1, 0.15) is 17.9 Å². The second kappa shape index (κ2) is 7.16. The van der Waals surface area contributed by atoms with Gasteiger partial charge in [-0.25, -0.2) is 4.52 Å². The maximum Gasteiger partial charge on any atom is 0.228 e. The number of fused-ring (bicyclic) bond motifs is 1. The number of rotatable bonds is 6. The van der Waals surface area contributed by atoms with E-state index in [1.54, 1.807) is 22.5 Å². The molecule has 152 valence electrons. The van der Waals surface area contributed by atoms with Crippen molar-refractivity contribution in [3.8, 4) is 17.0 Å². The fourth-order valence-electron chi connectivity index (χ4n) is 3.76. The van der Waals surface area contributed by atoms with Crippen molar-refractivity contribution >= 4 is 17.2 Å². The number of pyridine rings is 1. The highest BCUT2D eigenvalue weighted by molar-refractivity contribution is 5.93. The summed E-state index contributed by atoms with van der Waals surface area (Å²) in [6.07, 6.45) is 5.50. The molecular formula is C20H24N6O3. The Labute approximate surface area is 168 Å². The lowest BCUT2D eigenvalue weighted by molar-refractivity contribution is -0.117. The van der Waals surface area contributed by atoms with E-state index in [1.165, 1.54) is 0 Å². The van der Waals surface area contributed by atoms with Crippen molar-refractivity contribution < 1.29 is 14.3 Å². The monoisotopic (exact) mass is 396 g/mol. The molecule has 2 unspecified atom stereocenters. The minimum Gasteiger partial charge on any atom is -0.482 e. The van der Waals surface area contributed by atoms with Crippen LogP contribution in [0.25, 0.3) is 16.8 Å². The number of hydrogen-bond donors (Lipinski definition) is 2. The number of nitrogens with one attached hydrogen (secondary N) is 2. The Morgan fingerprint density at radius 2 is 2.10 bits per heavy atom. The number of methoxy groups -OCH3 is 1. The molecule has 2 aliphatic rings. The van der Waals surface area contributed by atoms with E-state index < -0.39 is 0 Å². The minimum atomic E-state index is -0.0640. The van der Waals surface area contributed by atoms with Crippen LogP contribution in [-0.2, 0) is 16.6 Å². The maximum absolute atomic E-state index is 12.0. The van der Waals surface area contributed by atoms with Gasteiger partial charge >= 0.3 is 0 Å². The number of carbonyl (C=O) groups is 1. The Bertz CT molecular complexity index is 1050.